The number of aromatic nitrogens is 1. The zero-order chi connectivity index (χ0) is 10.1. The Bertz CT molecular complexity index is 310. The molecule has 0 aromatic carbocycles. The fraction of sp³-hybridized carbons (Fsp3) is 0.286. The normalized spacial score (nSPS) is 11.8. The maximum atomic E-state index is 12.6. The third-order valence-corrected chi connectivity index (χ3v) is 1.63. The lowest BCUT2D eigenvalue weighted by Gasteiger charge is -2.07. The molecule has 0 aliphatic carbocycles. The van der Waals surface area contributed by atoms with Crippen LogP contribution < -0.4 is 0 Å². The van der Waals surface area contributed by atoms with Gasteiger partial charge in [-0.2, -0.15) is 13.2 Å². The Kier molecular flexibility index (Phi) is 2.75. The molecule has 0 radical (unpaired) electrons. The summed E-state index contributed by atoms with van der Waals surface area (Å²) in [6.45, 7) is 0. The van der Waals surface area contributed by atoms with Crippen molar-refractivity contribution in [3.05, 3.63) is 29.3 Å². The van der Waals surface area contributed by atoms with Crippen molar-refractivity contribution in [1.29, 1.82) is 0 Å². The first-order valence-electron chi connectivity index (χ1n) is 3.22. The monoisotopic (exact) mass is 213 g/mol. The van der Waals surface area contributed by atoms with Crippen molar-refractivity contribution in [3.8, 4) is 0 Å². The Hall–Kier alpha value is -0.840. The Morgan fingerprint density at radius 1 is 1.38 bits per heavy atom. The predicted octanol–water partition coefficient (Wildman–Crippen LogP) is 2.98. The lowest BCUT2D eigenvalue weighted by atomic mass is 10.2. The number of halogens is 5. The zero-order valence-electron chi connectivity index (χ0n) is 6.20. The van der Waals surface area contributed by atoms with Gasteiger partial charge in [0.1, 0.15) is 0 Å². The Morgan fingerprint density at radius 2 is 2.00 bits per heavy atom. The van der Waals surface area contributed by atoms with Crippen molar-refractivity contribution in [2.45, 2.75) is 12.1 Å². The molecule has 1 heterocycles. The van der Waals surface area contributed by atoms with Gasteiger partial charge in [0.25, 0.3) is 0 Å². The maximum Gasteiger partial charge on any atom is 0.419 e. The zero-order valence-corrected chi connectivity index (χ0v) is 6.95. The molecule has 0 fully saturated rings. The second-order valence-corrected chi connectivity index (χ2v) is 2.55. The minimum absolute atomic E-state index is 0.00427. The van der Waals surface area contributed by atoms with Crippen molar-refractivity contribution in [2.75, 3.05) is 0 Å². The fourth-order valence-corrected chi connectivity index (χ4v) is 0.918. The molecule has 1 aromatic rings. The van der Waals surface area contributed by atoms with E-state index in [1.54, 1.807) is 0 Å². The van der Waals surface area contributed by atoms with E-state index in [-0.39, 0.29) is 11.6 Å². The summed E-state index contributed by atoms with van der Waals surface area (Å²) in [7, 11) is 0. The summed E-state index contributed by atoms with van der Waals surface area (Å²) >= 11 is 5.25. The molecule has 0 aliphatic heterocycles. The number of hydrogen-bond donors (Lipinski definition) is 0. The van der Waals surface area contributed by atoms with Gasteiger partial charge in [0, 0.05) is 0 Å². The highest BCUT2D eigenvalue weighted by atomic mass is 35.5. The molecule has 0 saturated heterocycles. The maximum absolute atomic E-state index is 12.6. The van der Waals surface area contributed by atoms with Crippen LogP contribution in [0.1, 0.15) is 11.3 Å². The number of nitrogens with zero attached hydrogens (tertiary/aromatic N) is 1. The lowest BCUT2D eigenvalue weighted by molar-refractivity contribution is -0.140. The first-order chi connectivity index (χ1) is 5.95. The Morgan fingerprint density at radius 3 is 2.46 bits per heavy atom. The molecule has 0 spiro atoms. The molecule has 0 aliphatic rings. The van der Waals surface area contributed by atoms with Crippen LogP contribution in [0.15, 0.2) is 12.3 Å². The number of hydrogen-bond acceptors (Lipinski definition) is 1. The summed E-state index contributed by atoms with van der Waals surface area (Å²) < 4.78 is 48.7. The van der Waals surface area contributed by atoms with Crippen LogP contribution >= 0.6 is 11.6 Å². The third kappa shape index (κ3) is 2.30. The summed E-state index contributed by atoms with van der Waals surface area (Å²) in [4.78, 5) is 3.36. The second kappa shape index (κ2) is 3.49. The fourth-order valence-electron chi connectivity index (χ4n) is 0.772. The highest BCUT2D eigenvalue weighted by Gasteiger charge is 2.34. The molecule has 1 rings (SSSR count). The van der Waals surface area contributed by atoms with Gasteiger partial charge in [-0.25, -0.2) is 4.39 Å². The van der Waals surface area contributed by atoms with Gasteiger partial charge in [0.2, 0.25) is 0 Å². The van der Waals surface area contributed by atoms with Crippen LogP contribution in [0.2, 0.25) is 0 Å². The van der Waals surface area contributed by atoms with Crippen LogP contribution in [0.25, 0.3) is 0 Å². The van der Waals surface area contributed by atoms with Gasteiger partial charge in [0.15, 0.2) is 5.82 Å². The van der Waals surface area contributed by atoms with Gasteiger partial charge in [-0.05, 0) is 6.07 Å². The first-order valence-corrected chi connectivity index (χ1v) is 3.76. The summed E-state index contributed by atoms with van der Waals surface area (Å²) in [5, 5.41) is 0. The summed E-state index contributed by atoms with van der Waals surface area (Å²) in [6, 6.07) is 0.600. The van der Waals surface area contributed by atoms with E-state index in [0.29, 0.717) is 12.3 Å². The molecule has 1 nitrogen and oxygen atoms in total. The number of alkyl halides is 4. The molecule has 0 amide bonds. The van der Waals surface area contributed by atoms with Crippen LogP contribution in [-0.4, -0.2) is 4.98 Å². The quantitative estimate of drug-likeness (QED) is 0.516. The van der Waals surface area contributed by atoms with Crippen LogP contribution in [-0.2, 0) is 12.1 Å². The minimum Gasteiger partial charge on any atom is -0.257 e. The van der Waals surface area contributed by atoms with Crippen LogP contribution in [0.5, 0.6) is 0 Å². The van der Waals surface area contributed by atoms with E-state index in [2.05, 4.69) is 4.98 Å². The van der Waals surface area contributed by atoms with Crippen LogP contribution in [0, 0.1) is 5.82 Å². The average molecular weight is 214 g/mol. The lowest BCUT2D eigenvalue weighted by Crippen LogP contribution is -2.09. The Labute approximate surface area is 76.3 Å². The van der Waals surface area contributed by atoms with Crippen molar-refractivity contribution in [2.24, 2.45) is 0 Å². The van der Waals surface area contributed by atoms with Crippen LogP contribution in [0.3, 0.4) is 0 Å². The molecule has 0 bridgehead atoms. The summed E-state index contributed by atoms with van der Waals surface area (Å²) in [6.07, 6.45) is -4.19. The van der Waals surface area contributed by atoms with Crippen LogP contribution in [0.4, 0.5) is 17.6 Å². The van der Waals surface area contributed by atoms with Gasteiger partial charge < -0.3 is 0 Å². The molecule has 0 atom stereocenters. The SMILES string of the molecule is Fc1cnc(CCl)cc1C(F)(F)F. The highest BCUT2D eigenvalue weighted by Crippen LogP contribution is 2.31. The second-order valence-electron chi connectivity index (χ2n) is 2.29. The molecule has 13 heavy (non-hydrogen) atoms. The van der Waals surface area contributed by atoms with E-state index < -0.39 is 17.6 Å². The topological polar surface area (TPSA) is 12.9 Å². The van der Waals surface area contributed by atoms with Crippen molar-refractivity contribution in [3.63, 3.8) is 0 Å². The van der Waals surface area contributed by atoms with E-state index in [4.69, 9.17) is 11.6 Å². The largest absolute Gasteiger partial charge is 0.419 e. The molecule has 0 N–H and O–H groups in total. The summed E-state index contributed by atoms with van der Waals surface area (Å²) in [5.74, 6) is -1.56. The van der Waals surface area contributed by atoms with Gasteiger partial charge in [-0.15, -0.1) is 11.6 Å². The Balaban J connectivity index is 3.19. The number of pyridine rings is 1. The van der Waals surface area contributed by atoms with Gasteiger partial charge >= 0.3 is 6.18 Å². The average Bonchev–Trinajstić information content (AvgIpc) is 2.03. The van der Waals surface area contributed by atoms with E-state index >= 15 is 0 Å². The molecule has 6 heteroatoms. The van der Waals surface area contributed by atoms with Crippen molar-refractivity contribution in [1.82, 2.24) is 4.98 Å². The molecule has 1 aromatic heterocycles. The summed E-state index contributed by atoms with van der Waals surface area (Å²) in [5.41, 5.74) is -1.34. The van der Waals surface area contributed by atoms with E-state index in [9.17, 15) is 17.6 Å². The van der Waals surface area contributed by atoms with E-state index in [0.717, 1.165) is 0 Å². The minimum atomic E-state index is -4.70. The molecule has 0 unspecified atom stereocenters. The van der Waals surface area contributed by atoms with Gasteiger partial charge in [-0.1, -0.05) is 0 Å². The predicted molar refractivity (Wildman–Crippen MR) is 38.8 cm³/mol. The molecule has 72 valence electrons. The van der Waals surface area contributed by atoms with Crippen molar-refractivity contribution < 1.29 is 17.6 Å². The van der Waals surface area contributed by atoms with E-state index in [1.165, 1.54) is 0 Å². The molecular weight excluding hydrogens is 210 g/mol. The van der Waals surface area contributed by atoms with Gasteiger partial charge in [-0.3, -0.25) is 4.98 Å². The van der Waals surface area contributed by atoms with Gasteiger partial charge in [0.05, 0.1) is 23.3 Å². The highest BCUT2D eigenvalue weighted by molar-refractivity contribution is 6.16. The third-order valence-electron chi connectivity index (χ3n) is 1.35. The molecular formula is C7H4ClF4N. The standard InChI is InChI=1S/C7H4ClF4N/c8-2-4-1-5(7(10,11)12)6(9)3-13-4/h1,3H,2H2. The smallest absolute Gasteiger partial charge is 0.257 e. The first kappa shape index (κ1) is 10.2. The molecule has 0 saturated carbocycles. The van der Waals surface area contributed by atoms with E-state index in [1.807, 2.05) is 0 Å². The van der Waals surface area contributed by atoms with Crippen molar-refractivity contribution >= 4 is 11.6 Å². The number of rotatable bonds is 1.